The van der Waals surface area contributed by atoms with Crippen LogP contribution in [0.1, 0.15) is 27.3 Å². The van der Waals surface area contributed by atoms with Gasteiger partial charge in [0.1, 0.15) is 6.61 Å². The van der Waals surface area contributed by atoms with Gasteiger partial charge in [0.25, 0.3) is 5.91 Å². The van der Waals surface area contributed by atoms with E-state index in [0.29, 0.717) is 31.1 Å². The van der Waals surface area contributed by atoms with E-state index in [4.69, 9.17) is 9.47 Å². The van der Waals surface area contributed by atoms with Gasteiger partial charge in [-0.3, -0.25) is 9.36 Å². The molecule has 0 aliphatic rings. The van der Waals surface area contributed by atoms with Crippen molar-refractivity contribution in [2.24, 2.45) is 0 Å². The standard InChI is InChI=1S/C22H26N4O3S/c1-16-4-10-19(11-5-16)26-20(14-29-3)24-25-22(26)30-15-17-6-8-18(9-7-17)21(27)23-12-13-28-2/h4-11H,12-15H2,1-3H3,(H,23,27). The number of aromatic nitrogens is 3. The maximum absolute atomic E-state index is 12.1. The first-order valence-electron chi connectivity index (χ1n) is 9.61. The van der Waals surface area contributed by atoms with Crippen molar-refractivity contribution in [1.82, 2.24) is 20.1 Å². The van der Waals surface area contributed by atoms with Crippen LogP contribution in [0.5, 0.6) is 0 Å². The Bertz CT molecular complexity index is 956. The molecule has 2 aromatic carbocycles. The van der Waals surface area contributed by atoms with Crippen LogP contribution < -0.4 is 5.32 Å². The molecule has 3 rings (SSSR count). The molecular formula is C22H26N4O3S. The fraction of sp³-hybridized carbons (Fsp3) is 0.318. The highest BCUT2D eigenvalue weighted by Crippen LogP contribution is 2.26. The van der Waals surface area contributed by atoms with Gasteiger partial charge >= 0.3 is 0 Å². The smallest absolute Gasteiger partial charge is 0.251 e. The number of aryl methyl sites for hydroxylation is 1. The Morgan fingerprint density at radius 2 is 1.77 bits per heavy atom. The Morgan fingerprint density at radius 1 is 1.03 bits per heavy atom. The molecule has 0 fully saturated rings. The highest BCUT2D eigenvalue weighted by molar-refractivity contribution is 7.98. The lowest BCUT2D eigenvalue weighted by Gasteiger charge is -2.10. The Hall–Kier alpha value is -2.68. The molecule has 1 N–H and O–H groups in total. The molecule has 0 radical (unpaired) electrons. The van der Waals surface area contributed by atoms with Crippen LogP contribution >= 0.6 is 11.8 Å². The van der Waals surface area contributed by atoms with E-state index in [0.717, 1.165) is 22.2 Å². The zero-order valence-corrected chi connectivity index (χ0v) is 18.2. The predicted molar refractivity (Wildman–Crippen MR) is 117 cm³/mol. The molecule has 0 bridgehead atoms. The van der Waals surface area contributed by atoms with Crippen LogP contribution in [0.4, 0.5) is 0 Å². The van der Waals surface area contributed by atoms with Gasteiger partial charge in [-0.05, 0) is 36.8 Å². The summed E-state index contributed by atoms with van der Waals surface area (Å²) in [6.07, 6.45) is 0. The lowest BCUT2D eigenvalue weighted by molar-refractivity contribution is 0.0937. The van der Waals surface area contributed by atoms with Gasteiger partial charge in [0, 0.05) is 37.8 Å². The Kier molecular flexibility index (Phi) is 8.01. The van der Waals surface area contributed by atoms with Crippen LogP contribution in [0, 0.1) is 6.92 Å². The lowest BCUT2D eigenvalue weighted by atomic mass is 10.1. The fourth-order valence-electron chi connectivity index (χ4n) is 2.84. The van der Waals surface area contributed by atoms with E-state index in [2.05, 4.69) is 46.7 Å². The molecule has 0 aliphatic carbocycles. The summed E-state index contributed by atoms with van der Waals surface area (Å²) in [4.78, 5) is 12.1. The lowest BCUT2D eigenvalue weighted by Crippen LogP contribution is -2.26. The molecule has 30 heavy (non-hydrogen) atoms. The summed E-state index contributed by atoms with van der Waals surface area (Å²) in [7, 11) is 3.25. The van der Waals surface area contributed by atoms with Crippen LogP contribution in [0.25, 0.3) is 5.69 Å². The van der Waals surface area contributed by atoms with Gasteiger partial charge in [0.15, 0.2) is 11.0 Å². The van der Waals surface area contributed by atoms with Crippen molar-refractivity contribution in [2.75, 3.05) is 27.4 Å². The quantitative estimate of drug-likeness (QED) is 0.396. The van der Waals surface area contributed by atoms with E-state index in [1.165, 1.54) is 5.56 Å². The summed E-state index contributed by atoms with van der Waals surface area (Å²) in [5.74, 6) is 1.37. The minimum absolute atomic E-state index is 0.102. The summed E-state index contributed by atoms with van der Waals surface area (Å²) >= 11 is 1.59. The molecule has 0 aliphatic heterocycles. The molecule has 1 amide bonds. The first-order valence-corrected chi connectivity index (χ1v) is 10.6. The average Bonchev–Trinajstić information content (AvgIpc) is 3.16. The normalized spacial score (nSPS) is 10.9. The number of carbonyl (C=O) groups excluding carboxylic acids is 1. The number of nitrogens with zero attached hydrogens (tertiary/aromatic N) is 3. The van der Waals surface area contributed by atoms with Crippen molar-refractivity contribution in [1.29, 1.82) is 0 Å². The van der Waals surface area contributed by atoms with Crippen molar-refractivity contribution in [3.05, 3.63) is 71.0 Å². The van der Waals surface area contributed by atoms with E-state index in [1.54, 1.807) is 26.0 Å². The fourth-order valence-corrected chi connectivity index (χ4v) is 3.77. The monoisotopic (exact) mass is 426 g/mol. The van der Waals surface area contributed by atoms with Gasteiger partial charge in [0.05, 0.1) is 6.61 Å². The predicted octanol–water partition coefficient (Wildman–Crippen LogP) is 3.39. The maximum Gasteiger partial charge on any atom is 0.251 e. The molecule has 0 atom stereocenters. The van der Waals surface area contributed by atoms with Crippen LogP contribution in [0.2, 0.25) is 0 Å². The first-order chi connectivity index (χ1) is 14.6. The van der Waals surface area contributed by atoms with E-state index >= 15 is 0 Å². The number of carbonyl (C=O) groups is 1. The summed E-state index contributed by atoms with van der Waals surface area (Å²) in [5, 5.41) is 12.3. The molecule has 0 spiro atoms. The SMILES string of the molecule is COCCNC(=O)c1ccc(CSc2nnc(COC)n2-c2ccc(C)cc2)cc1. The van der Waals surface area contributed by atoms with Crippen LogP contribution in [-0.2, 0) is 21.8 Å². The Balaban J connectivity index is 1.70. The number of hydrogen-bond acceptors (Lipinski definition) is 6. The van der Waals surface area contributed by atoms with Crippen molar-refractivity contribution in [3.8, 4) is 5.69 Å². The van der Waals surface area contributed by atoms with Gasteiger partial charge in [-0.1, -0.05) is 41.6 Å². The molecule has 0 unspecified atom stereocenters. The summed E-state index contributed by atoms with van der Waals surface area (Å²) in [6.45, 7) is 3.43. The van der Waals surface area contributed by atoms with Gasteiger partial charge in [-0.15, -0.1) is 10.2 Å². The molecule has 1 aromatic heterocycles. The topological polar surface area (TPSA) is 78.3 Å². The second-order valence-electron chi connectivity index (χ2n) is 6.74. The average molecular weight is 427 g/mol. The molecule has 3 aromatic rings. The number of thioether (sulfide) groups is 1. The highest BCUT2D eigenvalue weighted by atomic mass is 32.2. The van der Waals surface area contributed by atoms with Gasteiger partial charge < -0.3 is 14.8 Å². The van der Waals surface area contributed by atoms with Crippen molar-refractivity contribution >= 4 is 17.7 Å². The van der Waals surface area contributed by atoms with E-state index in [-0.39, 0.29) is 5.91 Å². The molecule has 0 saturated heterocycles. The minimum atomic E-state index is -0.102. The minimum Gasteiger partial charge on any atom is -0.383 e. The molecule has 8 heteroatoms. The third-order valence-electron chi connectivity index (χ3n) is 4.44. The first kappa shape index (κ1) is 22.0. The largest absolute Gasteiger partial charge is 0.383 e. The molecule has 0 saturated carbocycles. The Morgan fingerprint density at radius 3 is 2.43 bits per heavy atom. The van der Waals surface area contributed by atoms with Crippen LogP contribution in [0.3, 0.4) is 0 Å². The van der Waals surface area contributed by atoms with E-state index in [9.17, 15) is 4.79 Å². The number of ether oxygens (including phenoxy) is 2. The second-order valence-corrected chi connectivity index (χ2v) is 7.68. The van der Waals surface area contributed by atoms with Crippen molar-refractivity contribution in [2.45, 2.75) is 24.4 Å². The van der Waals surface area contributed by atoms with Gasteiger partial charge in [0.2, 0.25) is 0 Å². The number of methoxy groups -OCH3 is 2. The number of rotatable bonds is 10. The summed E-state index contributed by atoms with van der Waals surface area (Å²) in [5.41, 5.74) is 3.93. The Labute approximate surface area is 180 Å². The van der Waals surface area contributed by atoms with Crippen molar-refractivity contribution in [3.63, 3.8) is 0 Å². The zero-order valence-electron chi connectivity index (χ0n) is 17.4. The van der Waals surface area contributed by atoms with Crippen LogP contribution in [0.15, 0.2) is 53.7 Å². The number of nitrogens with one attached hydrogen (secondary N) is 1. The van der Waals surface area contributed by atoms with Crippen molar-refractivity contribution < 1.29 is 14.3 Å². The molecule has 158 valence electrons. The molecule has 7 nitrogen and oxygen atoms in total. The zero-order chi connectivity index (χ0) is 21.3. The number of benzene rings is 2. The van der Waals surface area contributed by atoms with E-state index < -0.39 is 0 Å². The summed E-state index contributed by atoms with van der Waals surface area (Å²) in [6, 6.07) is 15.8. The third-order valence-corrected chi connectivity index (χ3v) is 5.44. The highest BCUT2D eigenvalue weighted by Gasteiger charge is 2.15. The van der Waals surface area contributed by atoms with Gasteiger partial charge in [-0.2, -0.15) is 0 Å². The molecule has 1 heterocycles. The van der Waals surface area contributed by atoms with Gasteiger partial charge in [-0.25, -0.2) is 0 Å². The third kappa shape index (κ3) is 5.69. The summed E-state index contributed by atoms with van der Waals surface area (Å²) < 4.78 is 12.2. The maximum atomic E-state index is 12.1. The number of amides is 1. The number of hydrogen-bond donors (Lipinski definition) is 1. The van der Waals surface area contributed by atoms with E-state index in [1.807, 2.05) is 28.8 Å². The van der Waals surface area contributed by atoms with Crippen LogP contribution in [-0.4, -0.2) is 48.0 Å². The molecular weight excluding hydrogens is 400 g/mol. The second kappa shape index (κ2) is 10.9.